The fourth-order valence-electron chi connectivity index (χ4n) is 3.22. The molecule has 6 nitrogen and oxygen atoms in total. The third-order valence-electron chi connectivity index (χ3n) is 4.65. The highest BCUT2D eigenvalue weighted by Crippen LogP contribution is 2.27. The number of aromatic nitrogens is 3. The number of nitrogens with zero attached hydrogens (tertiary/aromatic N) is 4. The minimum Gasteiger partial charge on any atom is -0.478 e. The van der Waals surface area contributed by atoms with E-state index in [1.807, 2.05) is 0 Å². The maximum atomic E-state index is 14.8. The van der Waals surface area contributed by atoms with Gasteiger partial charge in [0.15, 0.2) is 0 Å². The zero-order valence-electron chi connectivity index (χ0n) is 16.2. The normalized spacial score (nSPS) is 10.7. The lowest BCUT2D eigenvalue weighted by molar-refractivity contribution is 0.321. The minimum atomic E-state index is -0.720. The van der Waals surface area contributed by atoms with Crippen LogP contribution in [0.5, 0.6) is 5.88 Å². The molecule has 0 N–H and O–H groups in total. The van der Waals surface area contributed by atoms with Gasteiger partial charge in [-0.3, -0.25) is 4.79 Å². The van der Waals surface area contributed by atoms with Gasteiger partial charge in [-0.2, -0.15) is 19.7 Å². The summed E-state index contributed by atoms with van der Waals surface area (Å²) in [6.45, 7) is 2.36. The highest BCUT2D eigenvalue weighted by atomic mass is 19.1. The van der Waals surface area contributed by atoms with Gasteiger partial charge in [0.05, 0.1) is 35.7 Å². The first-order valence-corrected chi connectivity index (χ1v) is 9.39. The molecule has 0 atom stereocenters. The van der Waals surface area contributed by atoms with Gasteiger partial charge >= 0.3 is 0 Å². The van der Waals surface area contributed by atoms with Crippen LogP contribution in [0.15, 0.2) is 65.5 Å². The van der Waals surface area contributed by atoms with Gasteiger partial charge in [0.25, 0.3) is 5.56 Å². The smallest absolute Gasteiger partial charge is 0.274 e. The summed E-state index contributed by atoms with van der Waals surface area (Å²) in [5, 5.41) is 14.4. The second-order valence-corrected chi connectivity index (χ2v) is 6.59. The van der Waals surface area contributed by atoms with E-state index >= 15 is 0 Å². The predicted octanol–water partition coefficient (Wildman–Crippen LogP) is 3.92. The monoisotopic (exact) mass is 400 g/mol. The summed E-state index contributed by atoms with van der Waals surface area (Å²) in [4.78, 5) is 16.8. The van der Waals surface area contributed by atoms with Gasteiger partial charge in [0, 0.05) is 11.5 Å². The van der Waals surface area contributed by atoms with Crippen LogP contribution in [0.3, 0.4) is 0 Å². The van der Waals surface area contributed by atoms with Crippen molar-refractivity contribution < 1.29 is 9.13 Å². The molecule has 4 rings (SSSR count). The van der Waals surface area contributed by atoms with Crippen LogP contribution >= 0.6 is 0 Å². The largest absolute Gasteiger partial charge is 0.478 e. The number of fused-ring (bicyclic) bond motifs is 1. The Bertz CT molecular complexity index is 1320. The molecule has 0 saturated carbocycles. The van der Waals surface area contributed by atoms with Crippen molar-refractivity contribution in [2.45, 2.75) is 13.5 Å². The van der Waals surface area contributed by atoms with Crippen molar-refractivity contribution >= 4 is 10.8 Å². The molecule has 0 bridgehead atoms. The molecule has 7 heteroatoms. The lowest BCUT2D eigenvalue weighted by Gasteiger charge is -2.12. The molecular formula is C23H17FN4O2. The topological polar surface area (TPSA) is 80.8 Å². The highest BCUT2D eigenvalue weighted by Gasteiger charge is 2.17. The highest BCUT2D eigenvalue weighted by molar-refractivity contribution is 5.93. The Morgan fingerprint density at radius 3 is 2.47 bits per heavy atom. The molecule has 0 radical (unpaired) electrons. The van der Waals surface area contributed by atoms with E-state index in [2.05, 4.69) is 16.2 Å². The van der Waals surface area contributed by atoms with E-state index < -0.39 is 5.95 Å². The number of hydrogen-bond acceptors (Lipinski definition) is 5. The molecule has 0 amide bonds. The molecule has 30 heavy (non-hydrogen) atoms. The summed E-state index contributed by atoms with van der Waals surface area (Å²) < 4.78 is 21.3. The maximum Gasteiger partial charge on any atom is 0.274 e. The number of nitriles is 1. The van der Waals surface area contributed by atoms with Gasteiger partial charge in [0.1, 0.15) is 5.69 Å². The number of rotatable bonds is 5. The van der Waals surface area contributed by atoms with E-state index in [1.165, 1.54) is 4.68 Å². The third kappa shape index (κ3) is 3.63. The summed E-state index contributed by atoms with van der Waals surface area (Å²) in [6, 6.07) is 19.0. The van der Waals surface area contributed by atoms with Gasteiger partial charge < -0.3 is 4.74 Å². The minimum absolute atomic E-state index is 0.184. The number of benzene rings is 2. The Morgan fingerprint density at radius 1 is 1.07 bits per heavy atom. The predicted molar refractivity (Wildman–Crippen MR) is 111 cm³/mol. The lowest BCUT2D eigenvalue weighted by Crippen LogP contribution is -2.24. The van der Waals surface area contributed by atoms with E-state index in [0.717, 1.165) is 5.56 Å². The molecule has 148 valence electrons. The van der Waals surface area contributed by atoms with E-state index in [0.29, 0.717) is 28.6 Å². The Labute approximate surface area is 171 Å². The van der Waals surface area contributed by atoms with Gasteiger partial charge in [-0.25, -0.2) is 4.68 Å². The summed E-state index contributed by atoms with van der Waals surface area (Å²) >= 11 is 0. The van der Waals surface area contributed by atoms with Crippen LogP contribution in [-0.2, 0) is 6.54 Å². The van der Waals surface area contributed by atoms with Crippen LogP contribution < -0.4 is 10.3 Å². The summed E-state index contributed by atoms with van der Waals surface area (Å²) in [5.74, 6) is -0.531. The average molecular weight is 400 g/mol. The number of halogens is 1. The van der Waals surface area contributed by atoms with Crippen molar-refractivity contribution in [1.82, 2.24) is 14.8 Å². The molecule has 2 heterocycles. The van der Waals surface area contributed by atoms with Crippen molar-refractivity contribution in [2.24, 2.45) is 0 Å². The first-order chi connectivity index (χ1) is 14.6. The molecule has 0 aliphatic heterocycles. The Kier molecular flexibility index (Phi) is 5.22. The van der Waals surface area contributed by atoms with Gasteiger partial charge in [-0.05, 0) is 36.8 Å². The second-order valence-electron chi connectivity index (χ2n) is 6.59. The van der Waals surface area contributed by atoms with Crippen molar-refractivity contribution in [1.29, 1.82) is 5.26 Å². The van der Waals surface area contributed by atoms with Crippen molar-refractivity contribution in [3.8, 4) is 23.2 Å². The van der Waals surface area contributed by atoms with Gasteiger partial charge in [0.2, 0.25) is 11.8 Å². The maximum absolute atomic E-state index is 14.8. The van der Waals surface area contributed by atoms with Crippen molar-refractivity contribution in [3.63, 3.8) is 0 Å². The van der Waals surface area contributed by atoms with Crippen LogP contribution in [0.1, 0.15) is 18.1 Å². The lowest BCUT2D eigenvalue weighted by atomic mass is 10.1. The quantitative estimate of drug-likeness (QED) is 0.475. The summed E-state index contributed by atoms with van der Waals surface area (Å²) in [5.41, 5.74) is 1.56. The van der Waals surface area contributed by atoms with E-state index in [4.69, 9.17) is 10.00 Å². The van der Waals surface area contributed by atoms with Gasteiger partial charge in [-0.15, -0.1) is 0 Å². The molecule has 0 aliphatic rings. The van der Waals surface area contributed by atoms with Crippen molar-refractivity contribution in [3.05, 3.63) is 88.1 Å². The number of hydrogen-bond donors (Lipinski definition) is 0. The Balaban J connectivity index is 1.86. The first kappa shape index (κ1) is 19.3. The zero-order valence-corrected chi connectivity index (χ0v) is 16.2. The molecule has 2 aromatic heterocycles. The molecule has 0 fully saturated rings. The molecule has 2 aromatic carbocycles. The fraction of sp³-hybridized carbons (Fsp3) is 0.130. The summed E-state index contributed by atoms with van der Waals surface area (Å²) in [6.07, 6.45) is 0. The van der Waals surface area contributed by atoms with Crippen LogP contribution in [0, 0.1) is 17.3 Å². The van der Waals surface area contributed by atoms with E-state index in [9.17, 15) is 9.18 Å². The Hall–Kier alpha value is -4.05. The molecule has 0 unspecified atom stereocenters. The van der Waals surface area contributed by atoms with Crippen LogP contribution in [0.2, 0.25) is 0 Å². The van der Waals surface area contributed by atoms with Crippen LogP contribution in [0.25, 0.3) is 22.0 Å². The Morgan fingerprint density at radius 2 is 1.80 bits per heavy atom. The first-order valence-electron chi connectivity index (χ1n) is 9.39. The molecule has 0 aliphatic carbocycles. The number of ether oxygens (including phenoxy) is 1. The second kappa shape index (κ2) is 8.13. The van der Waals surface area contributed by atoms with Crippen LogP contribution in [-0.4, -0.2) is 21.4 Å². The average Bonchev–Trinajstić information content (AvgIpc) is 2.77. The SMILES string of the molecule is CCOc1ccc(-c2nn(Cc3ccc(C#N)cc3)c(=O)c3ccccc23)c(F)n1. The molecular weight excluding hydrogens is 383 g/mol. The fourth-order valence-corrected chi connectivity index (χ4v) is 3.22. The molecule has 0 saturated heterocycles. The zero-order chi connectivity index (χ0) is 21.1. The third-order valence-corrected chi connectivity index (χ3v) is 4.65. The standard InChI is InChI=1S/C23H17FN4O2/c1-2-30-20-12-11-19(22(24)26-20)21-17-5-3-4-6-18(17)23(29)28(27-21)14-16-9-7-15(13-25)8-10-16/h3-12H,2,14H2,1H3. The van der Waals surface area contributed by atoms with E-state index in [1.54, 1.807) is 67.6 Å². The number of pyridine rings is 1. The van der Waals surface area contributed by atoms with Crippen LogP contribution in [0.4, 0.5) is 4.39 Å². The molecule has 0 spiro atoms. The van der Waals surface area contributed by atoms with Crippen molar-refractivity contribution in [2.75, 3.05) is 6.61 Å². The van der Waals surface area contributed by atoms with E-state index in [-0.39, 0.29) is 23.5 Å². The van der Waals surface area contributed by atoms with Gasteiger partial charge in [-0.1, -0.05) is 30.3 Å². The molecule has 4 aromatic rings. The summed E-state index contributed by atoms with van der Waals surface area (Å²) in [7, 11) is 0.